The average molecular weight is 408 g/mol. The fourth-order valence-corrected chi connectivity index (χ4v) is 5.22. The molecule has 0 aromatic carbocycles. The lowest BCUT2D eigenvalue weighted by atomic mass is 9.93. The first-order chi connectivity index (χ1) is 13.5. The third-order valence-corrected chi connectivity index (χ3v) is 6.86. The number of hydrogen-bond acceptors (Lipinski definition) is 4. The van der Waals surface area contributed by atoms with E-state index in [-0.39, 0.29) is 11.8 Å². The summed E-state index contributed by atoms with van der Waals surface area (Å²) in [7, 11) is 1.75. The van der Waals surface area contributed by atoms with Gasteiger partial charge in [0.15, 0.2) is 0 Å². The molecule has 0 radical (unpaired) electrons. The molecule has 0 aliphatic carbocycles. The molecule has 8 heteroatoms. The summed E-state index contributed by atoms with van der Waals surface area (Å²) in [4.78, 5) is 32.0. The lowest BCUT2D eigenvalue weighted by molar-refractivity contribution is -0.136. The van der Waals surface area contributed by atoms with Gasteiger partial charge in [-0.2, -0.15) is 5.10 Å². The number of amides is 2. The van der Waals surface area contributed by atoms with Gasteiger partial charge < -0.3 is 9.80 Å². The Kier molecular flexibility index (Phi) is 5.92. The van der Waals surface area contributed by atoms with Crippen LogP contribution in [0.5, 0.6) is 0 Å². The minimum Gasteiger partial charge on any atom is -0.342 e. The number of hydrogen-bond donors (Lipinski definition) is 0. The third kappa shape index (κ3) is 3.92. The van der Waals surface area contributed by atoms with E-state index in [1.54, 1.807) is 11.7 Å². The summed E-state index contributed by atoms with van der Waals surface area (Å²) >= 11 is 6.13. The van der Waals surface area contributed by atoms with Crippen molar-refractivity contribution in [2.24, 2.45) is 13.0 Å². The van der Waals surface area contributed by atoms with Crippen LogP contribution in [-0.4, -0.2) is 81.6 Å². The van der Waals surface area contributed by atoms with E-state index in [0.717, 1.165) is 77.8 Å². The lowest BCUT2D eigenvalue weighted by Gasteiger charge is -2.42. The Labute approximate surface area is 171 Å². The maximum absolute atomic E-state index is 12.8. The molecule has 0 spiro atoms. The quantitative estimate of drug-likeness (QED) is 0.769. The van der Waals surface area contributed by atoms with Gasteiger partial charge in [0.25, 0.3) is 5.91 Å². The standard InChI is InChI=1S/C20H30ClN5O2/c1-23-18(17(21)13-22-23)20(28)25-11-6-16(7-12-25)26-10-4-5-15(14-26)19(27)24-8-2-3-9-24/h13,15-16H,2-12,14H2,1H3. The Morgan fingerprint density at radius 1 is 1.00 bits per heavy atom. The van der Waals surface area contributed by atoms with E-state index in [1.165, 1.54) is 6.20 Å². The highest BCUT2D eigenvalue weighted by atomic mass is 35.5. The number of rotatable bonds is 3. The Hall–Kier alpha value is -1.60. The summed E-state index contributed by atoms with van der Waals surface area (Å²) in [5.74, 6) is 0.476. The molecule has 28 heavy (non-hydrogen) atoms. The van der Waals surface area contributed by atoms with Crippen LogP contribution in [0, 0.1) is 5.92 Å². The lowest BCUT2D eigenvalue weighted by Crippen LogP contribution is -2.51. The molecule has 3 aliphatic heterocycles. The molecule has 1 atom stereocenters. The molecule has 3 fully saturated rings. The highest BCUT2D eigenvalue weighted by molar-refractivity contribution is 6.33. The number of piperidine rings is 2. The Balaban J connectivity index is 1.32. The minimum atomic E-state index is -0.0378. The number of likely N-dealkylation sites (tertiary alicyclic amines) is 3. The van der Waals surface area contributed by atoms with E-state index >= 15 is 0 Å². The molecule has 0 bridgehead atoms. The molecule has 1 unspecified atom stereocenters. The van der Waals surface area contributed by atoms with Gasteiger partial charge in [-0.3, -0.25) is 19.2 Å². The number of aryl methyl sites for hydroxylation is 1. The van der Waals surface area contributed by atoms with Crippen LogP contribution in [0.4, 0.5) is 0 Å². The molecular weight excluding hydrogens is 378 g/mol. The van der Waals surface area contributed by atoms with Gasteiger partial charge in [0.05, 0.1) is 17.1 Å². The molecule has 1 aromatic rings. The highest BCUT2D eigenvalue weighted by Gasteiger charge is 2.35. The van der Waals surface area contributed by atoms with Gasteiger partial charge in [-0.05, 0) is 45.1 Å². The fourth-order valence-electron chi connectivity index (χ4n) is 4.97. The first-order valence-corrected chi connectivity index (χ1v) is 10.9. The number of aromatic nitrogens is 2. The molecule has 3 saturated heterocycles. The fraction of sp³-hybridized carbons (Fsp3) is 0.750. The predicted octanol–water partition coefficient (Wildman–Crippen LogP) is 2.01. The molecule has 1 aromatic heterocycles. The van der Waals surface area contributed by atoms with Gasteiger partial charge >= 0.3 is 0 Å². The van der Waals surface area contributed by atoms with Gasteiger partial charge in [0.2, 0.25) is 5.91 Å². The van der Waals surface area contributed by atoms with Gasteiger partial charge in [-0.15, -0.1) is 0 Å². The van der Waals surface area contributed by atoms with E-state index in [9.17, 15) is 9.59 Å². The molecule has 2 amide bonds. The Morgan fingerprint density at radius 2 is 1.71 bits per heavy atom. The van der Waals surface area contributed by atoms with Gasteiger partial charge in [0, 0.05) is 45.8 Å². The van der Waals surface area contributed by atoms with Crippen LogP contribution < -0.4 is 0 Å². The van der Waals surface area contributed by atoms with Crippen molar-refractivity contribution in [3.05, 3.63) is 16.9 Å². The zero-order chi connectivity index (χ0) is 19.7. The number of nitrogens with zero attached hydrogens (tertiary/aromatic N) is 5. The second-order valence-electron chi connectivity index (χ2n) is 8.35. The second-order valence-corrected chi connectivity index (χ2v) is 8.76. The minimum absolute atomic E-state index is 0.0378. The topological polar surface area (TPSA) is 61.7 Å². The van der Waals surface area contributed by atoms with Gasteiger partial charge in [-0.25, -0.2) is 0 Å². The molecule has 4 heterocycles. The monoisotopic (exact) mass is 407 g/mol. The average Bonchev–Trinajstić information content (AvgIpc) is 3.37. The van der Waals surface area contributed by atoms with Crippen LogP contribution in [0.25, 0.3) is 0 Å². The maximum Gasteiger partial charge on any atom is 0.273 e. The van der Waals surface area contributed by atoms with Crippen molar-refractivity contribution < 1.29 is 9.59 Å². The molecule has 0 N–H and O–H groups in total. The summed E-state index contributed by atoms with van der Waals surface area (Å²) in [6, 6.07) is 0.459. The zero-order valence-electron chi connectivity index (χ0n) is 16.6. The normalized spacial score (nSPS) is 24.7. The van der Waals surface area contributed by atoms with Gasteiger partial charge in [-0.1, -0.05) is 11.6 Å². The summed E-state index contributed by atoms with van der Waals surface area (Å²) in [6.45, 7) is 5.27. The smallest absolute Gasteiger partial charge is 0.273 e. The van der Waals surface area contributed by atoms with E-state index < -0.39 is 0 Å². The van der Waals surface area contributed by atoms with Crippen LogP contribution in [0.2, 0.25) is 5.02 Å². The SMILES string of the molecule is Cn1ncc(Cl)c1C(=O)N1CCC(N2CCCC(C(=O)N3CCCC3)C2)CC1. The van der Waals surface area contributed by atoms with E-state index in [4.69, 9.17) is 11.6 Å². The first-order valence-electron chi connectivity index (χ1n) is 10.5. The largest absolute Gasteiger partial charge is 0.342 e. The third-order valence-electron chi connectivity index (χ3n) is 6.58. The summed E-state index contributed by atoms with van der Waals surface area (Å²) in [6.07, 6.45) is 7.82. The summed E-state index contributed by atoms with van der Waals surface area (Å²) in [5.41, 5.74) is 0.467. The van der Waals surface area contributed by atoms with Gasteiger partial charge in [0.1, 0.15) is 5.69 Å². The van der Waals surface area contributed by atoms with Crippen molar-refractivity contribution in [1.82, 2.24) is 24.5 Å². The van der Waals surface area contributed by atoms with Crippen molar-refractivity contribution in [2.75, 3.05) is 39.3 Å². The predicted molar refractivity (Wildman–Crippen MR) is 107 cm³/mol. The van der Waals surface area contributed by atoms with Crippen LogP contribution in [0.1, 0.15) is 49.0 Å². The van der Waals surface area contributed by atoms with Crippen LogP contribution in [-0.2, 0) is 11.8 Å². The van der Waals surface area contributed by atoms with Crippen molar-refractivity contribution >= 4 is 23.4 Å². The second kappa shape index (κ2) is 8.41. The molecule has 0 saturated carbocycles. The van der Waals surface area contributed by atoms with Crippen molar-refractivity contribution in [3.63, 3.8) is 0 Å². The zero-order valence-corrected chi connectivity index (χ0v) is 17.4. The highest BCUT2D eigenvalue weighted by Crippen LogP contribution is 2.27. The summed E-state index contributed by atoms with van der Waals surface area (Å²) < 4.78 is 1.55. The van der Waals surface area contributed by atoms with Crippen molar-refractivity contribution in [2.45, 2.75) is 44.6 Å². The van der Waals surface area contributed by atoms with E-state index in [2.05, 4.69) is 14.9 Å². The van der Waals surface area contributed by atoms with Crippen LogP contribution in [0.3, 0.4) is 0 Å². The molecule has 154 valence electrons. The first kappa shape index (κ1) is 19.7. The Bertz CT molecular complexity index is 703. The molecule has 3 aliphatic rings. The number of carbonyl (C=O) groups is 2. The van der Waals surface area contributed by atoms with E-state index in [1.807, 2.05) is 4.90 Å². The van der Waals surface area contributed by atoms with E-state index in [0.29, 0.717) is 22.7 Å². The van der Waals surface area contributed by atoms with Crippen molar-refractivity contribution in [1.29, 1.82) is 0 Å². The Morgan fingerprint density at radius 3 is 2.36 bits per heavy atom. The number of halogens is 1. The molecule has 4 rings (SSSR count). The van der Waals surface area contributed by atoms with Crippen molar-refractivity contribution in [3.8, 4) is 0 Å². The molecule has 7 nitrogen and oxygen atoms in total. The van der Waals surface area contributed by atoms with Crippen LogP contribution >= 0.6 is 11.6 Å². The summed E-state index contributed by atoms with van der Waals surface area (Å²) in [5, 5.41) is 4.48. The molecular formula is C20H30ClN5O2. The van der Waals surface area contributed by atoms with Crippen LogP contribution in [0.15, 0.2) is 6.20 Å². The maximum atomic E-state index is 12.8. The number of carbonyl (C=O) groups excluding carboxylic acids is 2.